The number of carbonyl (C=O) groups is 1. The zero-order valence-corrected chi connectivity index (χ0v) is 9.73. The Morgan fingerprint density at radius 1 is 1.59 bits per heavy atom. The fourth-order valence-corrected chi connectivity index (χ4v) is 1.60. The lowest BCUT2D eigenvalue weighted by molar-refractivity contribution is -0.116. The Morgan fingerprint density at radius 3 is 3.18 bits per heavy atom. The molecule has 1 atom stereocenters. The molecule has 4 N–H and O–H groups in total. The third-order valence-electron chi connectivity index (χ3n) is 2.53. The van der Waals surface area contributed by atoms with E-state index < -0.39 is 0 Å². The number of fused-ring (bicyclic) bond motifs is 1. The van der Waals surface area contributed by atoms with E-state index >= 15 is 0 Å². The number of rotatable bonds is 4. The molecular weight excluding hydrogens is 216 g/mol. The molecule has 0 aliphatic heterocycles. The van der Waals surface area contributed by atoms with Gasteiger partial charge in [0.25, 0.3) is 0 Å². The van der Waals surface area contributed by atoms with Crippen molar-refractivity contribution in [1.82, 2.24) is 9.97 Å². The molecule has 0 fully saturated rings. The highest BCUT2D eigenvalue weighted by atomic mass is 16.1. The molecule has 1 amide bonds. The number of nitrogens with one attached hydrogen (secondary N) is 2. The number of aromatic amines is 1. The van der Waals surface area contributed by atoms with Crippen molar-refractivity contribution >= 4 is 22.6 Å². The van der Waals surface area contributed by atoms with Gasteiger partial charge in [0, 0.05) is 18.2 Å². The van der Waals surface area contributed by atoms with Crippen molar-refractivity contribution in [3.05, 3.63) is 24.5 Å². The van der Waals surface area contributed by atoms with Crippen LogP contribution < -0.4 is 11.1 Å². The van der Waals surface area contributed by atoms with E-state index in [9.17, 15) is 4.79 Å². The van der Waals surface area contributed by atoms with E-state index in [1.807, 2.05) is 25.1 Å². The largest absolute Gasteiger partial charge is 0.345 e. The monoisotopic (exact) mass is 232 g/mol. The van der Waals surface area contributed by atoms with Crippen LogP contribution >= 0.6 is 0 Å². The number of anilines is 1. The van der Waals surface area contributed by atoms with Gasteiger partial charge in [-0.05, 0) is 31.5 Å². The van der Waals surface area contributed by atoms with Crippen molar-refractivity contribution in [2.45, 2.75) is 25.8 Å². The minimum Gasteiger partial charge on any atom is -0.345 e. The molecule has 2 rings (SSSR count). The molecule has 5 nitrogen and oxygen atoms in total. The van der Waals surface area contributed by atoms with Gasteiger partial charge in [0.1, 0.15) is 0 Å². The van der Waals surface area contributed by atoms with Gasteiger partial charge in [0.2, 0.25) is 5.91 Å². The third kappa shape index (κ3) is 3.04. The van der Waals surface area contributed by atoms with Crippen LogP contribution in [0.15, 0.2) is 24.5 Å². The lowest BCUT2D eigenvalue weighted by Gasteiger charge is -2.06. The quantitative estimate of drug-likeness (QED) is 0.749. The number of carbonyl (C=O) groups excluding carboxylic acids is 1. The van der Waals surface area contributed by atoms with E-state index in [4.69, 9.17) is 5.73 Å². The number of H-pyrrole nitrogens is 1. The lowest BCUT2D eigenvalue weighted by atomic mass is 10.2. The molecule has 1 aromatic carbocycles. The highest BCUT2D eigenvalue weighted by molar-refractivity contribution is 5.92. The first-order valence-corrected chi connectivity index (χ1v) is 5.64. The molecule has 0 radical (unpaired) electrons. The molecule has 5 heteroatoms. The molecule has 0 saturated heterocycles. The van der Waals surface area contributed by atoms with Crippen LogP contribution in [0.2, 0.25) is 0 Å². The first-order valence-electron chi connectivity index (χ1n) is 5.64. The van der Waals surface area contributed by atoms with Gasteiger partial charge in [0.15, 0.2) is 0 Å². The first kappa shape index (κ1) is 11.6. The molecule has 17 heavy (non-hydrogen) atoms. The van der Waals surface area contributed by atoms with Crippen LogP contribution in [0.1, 0.15) is 19.8 Å². The van der Waals surface area contributed by atoms with Gasteiger partial charge in [0.05, 0.1) is 17.4 Å². The standard InChI is InChI=1S/C12H16N4O/c1-8(13)2-5-12(17)16-9-3-4-10-11(6-9)15-7-14-10/h3-4,6-8H,2,5,13H2,1H3,(H,14,15)(H,16,17). The summed E-state index contributed by atoms with van der Waals surface area (Å²) in [5, 5.41) is 2.84. The van der Waals surface area contributed by atoms with Crippen LogP contribution in [0.5, 0.6) is 0 Å². The highest BCUT2D eigenvalue weighted by Crippen LogP contribution is 2.15. The van der Waals surface area contributed by atoms with Crippen LogP contribution in [-0.2, 0) is 4.79 Å². The van der Waals surface area contributed by atoms with E-state index in [2.05, 4.69) is 15.3 Å². The Hall–Kier alpha value is -1.88. The van der Waals surface area contributed by atoms with Crippen molar-refractivity contribution in [3.8, 4) is 0 Å². The summed E-state index contributed by atoms with van der Waals surface area (Å²) in [7, 11) is 0. The molecule has 1 heterocycles. The van der Waals surface area contributed by atoms with Gasteiger partial charge in [-0.2, -0.15) is 0 Å². The van der Waals surface area contributed by atoms with Crippen molar-refractivity contribution in [2.24, 2.45) is 5.73 Å². The lowest BCUT2D eigenvalue weighted by Crippen LogP contribution is -2.19. The van der Waals surface area contributed by atoms with Crippen LogP contribution in [0.4, 0.5) is 5.69 Å². The average molecular weight is 232 g/mol. The first-order chi connectivity index (χ1) is 8.15. The molecule has 0 aliphatic carbocycles. The van der Waals surface area contributed by atoms with E-state index in [0.717, 1.165) is 16.7 Å². The van der Waals surface area contributed by atoms with E-state index in [0.29, 0.717) is 12.8 Å². The second-order valence-electron chi connectivity index (χ2n) is 4.20. The van der Waals surface area contributed by atoms with Crippen molar-refractivity contribution in [2.75, 3.05) is 5.32 Å². The summed E-state index contributed by atoms with van der Waals surface area (Å²) >= 11 is 0. The molecule has 0 aliphatic rings. The third-order valence-corrected chi connectivity index (χ3v) is 2.53. The summed E-state index contributed by atoms with van der Waals surface area (Å²) < 4.78 is 0. The van der Waals surface area contributed by atoms with Crippen molar-refractivity contribution < 1.29 is 4.79 Å². The molecule has 0 bridgehead atoms. The number of nitrogens with zero attached hydrogens (tertiary/aromatic N) is 1. The second-order valence-corrected chi connectivity index (χ2v) is 4.20. The minimum atomic E-state index is -0.0128. The molecule has 1 aromatic heterocycles. The molecule has 0 spiro atoms. The SMILES string of the molecule is CC(N)CCC(=O)Nc1ccc2nc[nH]c2c1. The van der Waals surface area contributed by atoms with Crippen LogP contribution in [-0.4, -0.2) is 21.9 Å². The zero-order chi connectivity index (χ0) is 12.3. The number of aromatic nitrogens is 2. The number of hydrogen-bond acceptors (Lipinski definition) is 3. The number of imidazole rings is 1. The van der Waals surface area contributed by atoms with Crippen molar-refractivity contribution in [3.63, 3.8) is 0 Å². The van der Waals surface area contributed by atoms with Gasteiger partial charge in [-0.15, -0.1) is 0 Å². The summed E-state index contributed by atoms with van der Waals surface area (Å²) in [4.78, 5) is 18.7. The van der Waals surface area contributed by atoms with Crippen LogP contribution in [0, 0.1) is 0 Å². The van der Waals surface area contributed by atoms with E-state index in [1.54, 1.807) is 6.33 Å². The topological polar surface area (TPSA) is 83.8 Å². The van der Waals surface area contributed by atoms with Crippen LogP contribution in [0.25, 0.3) is 11.0 Å². The second kappa shape index (κ2) is 4.97. The van der Waals surface area contributed by atoms with Gasteiger partial charge < -0.3 is 16.0 Å². The minimum absolute atomic E-state index is 0.0128. The summed E-state index contributed by atoms with van der Waals surface area (Å²) in [5.74, 6) is -0.0128. The van der Waals surface area contributed by atoms with E-state index in [-0.39, 0.29) is 11.9 Å². The molecule has 1 unspecified atom stereocenters. The van der Waals surface area contributed by atoms with Gasteiger partial charge in [-0.1, -0.05) is 0 Å². The Morgan fingerprint density at radius 2 is 2.41 bits per heavy atom. The molecular formula is C12H16N4O. The molecule has 90 valence electrons. The highest BCUT2D eigenvalue weighted by Gasteiger charge is 2.05. The number of hydrogen-bond donors (Lipinski definition) is 3. The smallest absolute Gasteiger partial charge is 0.224 e. The molecule has 2 aromatic rings. The zero-order valence-electron chi connectivity index (χ0n) is 9.73. The summed E-state index contributed by atoms with van der Waals surface area (Å²) in [6.07, 6.45) is 2.77. The summed E-state index contributed by atoms with van der Waals surface area (Å²) in [6.45, 7) is 1.89. The van der Waals surface area contributed by atoms with Crippen LogP contribution in [0.3, 0.4) is 0 Å². The normalized spacial score (nSPS) is 12.6. The maximum atomic E-state index is 11.6. The average Bonchev–Trinajstić information content (AvgIpc) is 2.73. The molecule has 0 saturated carbocycles. The maximum absolute atomic E-state index is 11.6. The Balaban J connectivity index is 2.00. The fraction of sp³-hybridized carbons (Fsp3) is 0.333. The van der Waals surface area contributed by atoms with Gasteiger partial charge in [-0.25, -0.2) is 4.98 Å². The fourth-order valence-electron chi connectivity index (χ4n) is 1.60. The summed E-state index contributed by atoms with van der Waals surface area (Å²) in [5.41, 5.74) is 8.18. The van der Waals surface area contributed by atoms with E-state index in [1.165, 1.54) is 0 Å². The predicted molar refractivity (Wildman–Crippen MR) is 67.6 cm³/mol. The Bertz CT molecular complexity index is 518. The van der Waals surface area contributed by atoms with Gasteiger partial charge in [-0.3, -0.25) is 4.79 Å². The van der Waals surface area contributed by atoms with Crippen molar-refractivity contribution in [1.29, 1.82) is 0 Å². The Kier molecular flexibility index (Phi) is 3.39. The Labute approximate surface area is 99.4 Å². The number of amides is 1. The van der Waals surface area contributed by atoms with Gasteiger partial charge >= 0.3 is 0 Å². The maximum Gasteiger partial charge on any atom is 0.224 e. The predicted octanol–water partition coefficient (Wildman–Crippen LogP) is 1.63. The number of nitrogens with two attached hydrogens (primary N) is 1. The number of benzene rings is 1. The summed E-state index contributed by atoms with van der Waals surface area (Å²) in [6, 6.07) is 5.63.